The van der Waals surface area contributed by atoms with Crippen molar-refractivity contribution in [3.8, 4) is 33.8 Å². The van der Waals surface area contributed by atoms with E-state index in [1.165, 1.54) is 32.9 Å². The van der Waals surface area contributed by atoms with E-state index in [0.717, 1.165) is 34.0 Å². The van der Waals surface area contributed by atoms with E-state index in [0.29, 0.717) is 0 Å². The molecule has 0 unspecified atom stereocenters. The molecule has 0 atom stereocenters. The van der Waals surface area contributed by atoms with E-state index < -0.39 is 0 Å². The molecular formula is C31H25N3O. The van der Waals surface area contributed by atoms with Gasteiger partial charge in [0, 0.05) is 55.3 Å². The first kappa shape index (κ1) is 20.0. The Morgan fingerprint density at radius 3 is 1.40 bits per heavy atom. The van der Waals surface area contributed by atoms with E-state index in [1.807, 2.05) is 0 Å². The number of anilines is 2. The summed E-state index contributed by atoms with van der Waals surface area (Å²) in [5.41, 5.74) is 9.28. The molecule has 170 valence electrons. The second-order valence-corrected chi connectivity index (χ2v) is 9.43. The van der Waals surface area contributed by atoms with Gasteiger partial charge < -0.3 is 18.8 Å². The molecule has 4 nitrogen and oxygen atoms in total. The van der Waals surface area contributed by atoms with E-state index in [1.54, 1.807) is 0 Å². The maximum atomic E-state index is 6.51. The van der Waals surface area contributed by atoms with Crippen molar-refractivity contribution in [3.63, 3.8) is 0 Å². The second kappa shape index (κ2) is 7.28. The standard InChI is InChI=1S/C31H25N3O/c1-32-14-12-24-16-20(4-8-26(24)32)22-6-10-28-30(18-22)35-31-19-23(7-11-29(31)34(28)3)21-5-9-27-25(17-21)13-15-33(27)2/h4-19H,1-3H3. The first-order valence-corrected chi connectivity index (χ1v) is 11.9. The fraction of sp³-hybridized carbons (Fsp3) is 0.0968. The lowest BCUT2D eigenvalue weighted by Crippen LogP contribution is -2.15. The van der Waals surface area contributed by atoms with Crippen LogP contribution in [-0.2, 0) is 14.1 Å². The molecule has 0 aliphatic carbocycles. The highest BCUT2D eigenvalue weighted by Crippen LogP contribution is 2.48. The van der Waals surface area contributed by atoms with E-state index in [4.69, 9.17) is 4.74 Å². The van der Waals surface area contributed by atoms with Crippen LogP contribution in [0.5, 0.6) is 11.5 Å². The van der Waals surface area contributed by atoms with Crippen molar-refractivity contribution in [1.82, 2.24) is 9.13 Å². The van der Waals surface area contributed by atoms with E-state index in [9.17, 15) is 0 Å². The Labute approximate surface area is 204 Å². The van der Waals surface area contributed by atoms with Crippen LogP contribution >= 0.6 is 0 Å². The van der Waals surface area contributed by atoms with Crippen molar-refractivity contribution in [3.05, 3.63) is 97.3 Å². The lowest BCUT2D eigenvalue weighted by atomic mass is 10.0. The summed E-state index contributed by atoms with van der Waals surface area (Å²) >= 11 is 0. The lowest BCUT2D eigenvalue weighted by Gasteiger charge is -2.30. The first-order valence-electron chi connectivity index (χ1n) is 11.9. The number of hydrogen-bond acceptors (Lipinski definition) is 2. The van der Waals surface area contributed by atoms with Crippen LogP contribution in [0, 0.1) is 0 Å². The maximum absolute atomic E-state index is 6.51. The second-order valence-electron chi connectivity index (χ2n) is 9.43. The molecule has 0 fully saturated rings. The Morgan fingerprint density at radius 2 is 0.914 bits per heavy atom. The fourth-order valence-electron chi connectivity index (χ4n) is 5.28. The Bertz CT molecular complexity index is 1640. The molecule has 1 aliphatic heterocycles. The highest BCUT2D eigenvalue weighted by Gasteiger charge is 2.23. The number of fused-ring (bicyclic) bond motifs is 4. The minimum atomic E-state index is 0.876. The van der Waals surface area contributed by atoms with Gasteiger partial charge in [-0.25, -0.2) is 0 Å². The third kappa shape index (κ3) is 3.07. The number of benzene rings is 4. The monoisotopic (exact) mass is 455 g/mol. The third-order valence-corrected chi connectivity index (χ3v) is 7.30. The van der Waals surface area contributed by atoms with Crippen LogP contribution in [0.25, 0.3) is 44.1 Å². The van der Waals surface area contributed by atoms with Gasteiger partial charge in [0.15, 0.2) is 11.5 Å². The van der Waals surface area contributed by atoms with Crippen LogP contribution in [0.3, 0.4) is 0 Å². The molecule has 0 saturated carbocycles. The molecule has 6 aromatic rings. The minimum absolute atomic E-state index is 0.876. The summed E-state index contributed by atoms with van der Waals surface area (Å²) in [6.07, 6.45) is 4.20. The molecule has 0 saturated heterocycles. The van der Waals surface area contributed by atoms with Crippen LogP contribution in [0.15, 0.2) is 97.3 Å². The molecule has 4 aromatic carbocycles. The summed E-state index contributed by atoms with van der Waals surface area (Å²) in [5.74, 6) is 1.75. The molecule has 4 heteroatoms. The van der Waals surface area contributed by atoms with Gasteiger partial charge in [0.1, 0.15) is 0 Å². The predicted molar refractivity (Wildman–Crippen MR) is 145 cm³/mol. The lowest BCUT2D eigenvalue weighted by molar-refractivity contribution is 0.476. The van der Waals surface area contributed by atoms with Crippen LogP contribution in [0.2, 0.25) is 0 Å². The molecule has 35 heavy (non-hydrogen) atoms. The molecule has 0 N–H and O–H groups in total. The molecule has 0 radical (unpaired) electrons. The summed E-state index contributed by atoms with van der Waals surface area (Å²) in [4.78, 5) is 2.21. The van der Waals surface area contributed by atoms with Crippen molar-refractivity contribution in [2.75, 3.05) is 11.9 Å². The van der Waals surface area contributed by atoms with Gasteiger partial charge in [-0.15, -0.1) is 0 Å². The highest BCUT2D eigenvalue weighted by atomic mass is 16.5. The Morgan fingerprint density at radius 1 is 0.486 bits per heavy atom. The summed E-state index contributed by atoms with van der Waals surface area (Å²) in [7, 11) is 6.26. The summed E-state index contributed by atoms with van der Waals surface area (Å²) in [6, 6.07) is 30.5. The summed E-state index contributed by atoms with van der Waals surface area (Å²) in [6.45, 7) is 0. The molecular weight excluding hydrogens is 430 g/mol. The summed E-state index contributed by atoms with van der Waals surface area (Å²) in [5, 5.41) is 2.48. The predicted octanol–water partition coefficient (Wildman–Crippen LogP) is 7.88. The first-order chi connectivity index (χ1) is 17.0. The van der Waals surface area contributed by atoms with Crippen molar-refractivity contribution in [1.29, 1.82) is 0 Å². The molecule has 0 bridgehead atoms. The zero-order valence-corrected chi connectivity index (χ0v) is 20.0. The molecule has 7 rings (SSSR count). The Balaban J connectivity index is 1.27. The number of aromatic nitrogens is 2. The largest absolute Gasteiger partial charge is 0.453 e. The van der Waals surface area contributed by atoms with Crippen molar-refractivity contribution < 1.29 is 4.74 Å². The summed E-state index contributed by atoms with van der Waals surface area (Å²) < 4.78 is 10.8. The van der Waals surface area contributed by atoms with Gasteiger partial charge in [0.05, 0.1) is 11.4 Å². The third-order valence-electron chi connectivity index (χ3n) is 7.30. The topological polar surface area (TPSA) is 22.3 Å². The molecule has 0 spiro atoms. The van der Waals surface area contributed by atoms with Crippen molar-refractivity contribution in [2.45, 2.75) is 0 Å². The molecule has 0 amide bonds. The van der Waals surface area contributed by atoms with E-state index in [-0.39, 0.29) is 0 Å². The zero-order chi connectivity index (χ0) is 23.7. The van der Waals surface area contributed by atoms with Crippen LogP contribution < -0.4 is 9.64 Å². The van der Waals surface area contributed by atoms with Crippen molar-refractivity contribution >= 4 is 33.2 Å². The van der Waals surface area contributed by atoms with Crippen LogP contribution in [-0.4, -0.2) is 16.2 Å². The quantitative estimate of drug-likeness (QED) is 0.265. The Kier molecular flexibility index (Phi) is 4.15. The normalized spacial score (nSPS) is 12.6. The van der Waals surface area contributed by atoms with Gasteiger partial charge in [-0.1, -0.05) is 24.3 Å². The van der Waals surface area contributed by atoms with Gasteiger partial charge in [-0.3, -0.25) is 0 Å². The van der Waals surface area contributed by atoms with Gasteiger partial charge in [0.2, 0.25) is 0 Å². The maximum Gasteiger partial charge on any atom is 0.151 e. The van der Waals surface area contributed by atoms with Gasteiger partial charge in [-0.05, 0) is 82.9 Å². The van der Waals surface area contributed by atoms with Gasteiger partial charge in [-0.2, -0.15) is 0 Å². The minimum Gasteiger partial charge on any atom is -0.453 e. The van der Waals surface area contributed by atoms with Crippen LogP contribution in [0.1, 0.15) is 0 Å². The van der Waals surface area contributed by atoms with E-state index >= 15 is 0 Å². The average molecular weight is 456 g/mol. The molecule has 3 heterocycles. The average Bonchev–Trinajstić information content (AvgIpc) is 3.45. The Hall–Kier alpha value is -4.44. The highest BCUT2D eigenvalue weighted by molar-refractivity contribution is 5.89. The van der Waals surface area contributed by atoms with Crippen molar-refractivity contribution in [2.24, 2.45) is 14.1 Å². The van der Waals surface area contributed by atoms with Gasteiger partial charge >= 0.3 is 0 Å². The SMILES string of the molecule is CN1c2ccc(-c3ccc4c(ccn4C)c3)cc2Oc2cc(-c3ccc4c(ccn4C)c3)ccc21. The number of hydrogen-bond donors (Lipinski definition) is 0. The fourth-order valence-corrected chi connectivity index (χ4v) is 5.28. The smallest absolute Gasteiger partial charge is 0.151 e. The number of ether oxygens (including phenoxy) is 1. The zero-order valence-electron chi connectivity index (χ0n) is 20.0. The van der Waals surface area contributed by atoms with Gasteiger partial charge in [0.25, 0.3) is 0 Å². The number of rotatable bonds is 2. The molecule has 2 aromatic heterocycles. The van der Waals surface area contributed by atoms with Crippen LogP contribution in [0.4, 0.5) is 11.4 Å². The van der Waals surface area contributed by atoms with E-state index in [2.05, 4.69) is 132 Å². The molecule has 1 aliphatic rings. The number of nitrogens with zero attached hydrogens (tertiary/aromatic N) is 3. The number of aryl methyl sites for hydroxylation is 2.